The number of halogens is 1. The Morgan fingerprint density at radius 1 is 1.47 bits per heavy atom. The van der Waals surface area contributed by atoms with Crippen molar-refractivity contribution in [1.82, 2.24) is 5.32 Å². The highest BCUT2D eigenvalue weighted by Gasteiger charge is 2.30. The van der Waals surface area contributed by atoms with Crippen LogP contribution in [0.2, 0.25) is 0 Å². The van der Waals surface area contributed by atoms with E-state index in [9.17, 15) is 4.79 Å². The fourth-order valence-corrected chi connectivity index (χ4v) is 2.41. The van der Waals surface area contributed by atoms with Crippen molar-refractivity contribution >= 4 is 18.4 Å². The van der Waals surface area contributed by atoms with Crippen LogP contribution in [0.5, 0.6) is 0 Å². The van der Waals surface area contributed by atoms with Crippen molar-refractivity contribution in [2.75, 3.05) is 6.61 Å². The Hall–Kier alpha value is -0.540. The van der Waals surface area contributed by atoms with E-state index in [-0.39, 0.29) is 18.4 Å². The van der Waals surface area contributed by atoms with Crippen molar-refractivity contribution in [3.8, 4) is 0 Å². The molecule has 2 saturated heterocycles. The number of rotatable bonds is 2. The Bertz CT molecular complexity index is 251. The minimum absolute atomic E-state index is 0. The van der Waals surface area contributed by atoms with Crippen molar-refractivity contribution in [3.63, 3.8) is 0 Å². The van der Waals surface area contributed by atoms with Gasteiger partial charge in [-0.3, -0.25) is 0 Å². The van der Waals surface area contributed by atoms with E-state index in [2.05, 4.69) is 5.32 Å². The van der Waals surface area contributed by atoms with Crippen molar-refractivity contribution < 1.29 is 9.53 Å². The smallest absolute Gasteiger partial charge is 0.330 e. The summed E-state index contributed by atoms with van der Waals surface area (Å²) in [5.74, 6) is -0.177. The molecular formula is C11H18ClNO2. The summed E-state index contributed by atoms with van der Waals surface area (Å²) in [6.45, 7) is 2.30. The number of hydrogen-bond donors (Lipinski definition) is 1. The van der Waals surface area contributed by atoms with Gasteiger partial charge in [0.25, 0.3) is 0 Å². The second kappa shape index (κ2) is 5.52. The molecule has 2 aliphatic heterocycles. The summed E-state index contributed by atoms with van der Waals surface area (Å²) in [6, 6.07) is 1.21. The van der Waals surface area contributed by atoms with Gasteiger partial charge in [-0.05, 0) is 32.6 Å². The maximum atomic E-state index is 11.2. The van der Waals surface area contributed by atoms with E-state index in [0.29, 0.717) is 18.7 Å². The predicted molar refractivity (Wildman–Crippen MR) is 61.1 cm³/mol. The number of piperidine rings is 1. The van der Waals surface area contributed by atoms with Gasteiger partial charge in [0, 0.05) is 18.2 Å². The Morgan fingerprint density at radius 3 is 2.60 bits per heavy atom. The highest BCUT2D eigenvalue weighted by molar-refractivity contribution is 5.85. The number of hydrogen-bond acceptors (Lipinski definition) is 3. The minimum Gasteiger partial charge on any atom is -0.463 e. The number of carbonyl (C=O) groups excluding carboxylic acids is 1. The van der Waals surface area contributed by atoms with Crippen molar-refractivity contribution in [2.45, 2.75) is 44.7 Å². The molecule has 0 saturated carbocycles. The molecule has 2 aliphatic rings. The van der Waals surface area contributed by atoms with Crippen molar-refractivity contribution in [2.24, 2.45) is 0 Å². The van der Waals surface area contributed by atoms with E-state index in [1.807, 2.05) is 6.92 Å². The molecule has 1 N–H and O–H groups in total. The van der Waals surface area contributed by atoms with Gasteiger partial charge < -0.3 is 10.1 Å². The number of nitrogens with one attached hydrogen (secondary N) is 1. The van der Waals surface area contributed by atoms with Crippen LogP contribution in [0.25, 0.3) is 0 Å². The lowest BCUT2D eigenvalue weighted by Crippen LogP contribution is -2.34. The van der Waals surface area contributed by atoms with Gasteiger partial charge in [-0.25, -0.2) is 4.79 Å². The van der Waals surface area contributed by atoms with Gasteiger partial charge in [-0.2, -0.15) is 0 Å². The van der Waals surface area contributed by atoms with E-state index < -0.39 is 0 Å². The quantitative estimate of drug-likeness (QED) is 0.582. The van der Waals surface area contributed by atoms with Crippen LogP contribution in [0.1, 0.15) is 32.6 Å². The molecule has 86 valence electrons. The fraction of sp³-hybridized carbons (Fsp3) is 0.727. The highest BCUT2D eigenvalue weighted by atomic mass is 35.5. The van der Waals surface area contributed by atoms with Gasteiger partial charge in [0.15, 0.2) is 0 Å². The van der Waals surface area contributed by atoms with E-state index in [1.165, 1.54) is 18.4 Å². The van der Waals surface area contributed by atoms with Gasteiger partial charge in [0.2, 0.25) is 0 Å². The zero-order chi connectivity index (χ0) is 9.97. The summed E-state index contributed by atoms with van der Waals surface area (Å²) in [7, 11) is 0. The number of esters is 1. The van der Waals surface area contributed by atoms with Gasteiger partial charge in [-0.15, -0.1) is 12.4 Å². The molecule has 2 bridgehead atoms. The standard InChI is InChI=1S/C11H17NO2.ClH/c1-2-14-11(13)7-8-5-9-3-4-10(6-8)12-9;/h7,9-10,12H,2-6H2,1H3;1H. The SMILES string of the molecule is CCOC(=O)C=C1CC2CCC(C1)N2.Cl. The van der Waals surface area contributed by atoms with Crippen LogP contribution in [0.4, 0.5) is 0 Å². The van der Waals surface area contributed by atoms with Crippen LogP contribution in [-0.2, 0) is 9.53 Å². The molecule has 0 radical (unpaired) electrons. The molecule has 2 unspecified atom stereocenters. The predicted octanol–water partition coefficient (Wildman–Crippen LogP) is 1.81. The van der Waals surface area contributed by atoms with E-state index in [4.69, 9.17) is 4.74 Å². The lowest BCUT2D eigenvalue weighted by atomic mass is 9.99. The maximum absolute atomic E-state index is 11.2. The van der Waals surface area contributed by atoms with Crippen molar-refractivity contribution in [3.05, 3.63) is 11.6 Å². The highest BCUT2D eigenvalue weighted by Crippen LogP contribution is 2.30. The first kappa shape index (κ1) is 12.5. The molecule has 4 heteroatoms. The third kappa shape index (κ3) is 3.21. The fourth-order valence-electron chi connectivity index (χ4n) is 2.41. The monoisotopic (exact) mass is 231 g/mol. The zero-order valence-electron chi connectivity index (χ0n) is 8.99. The third-order valence-corrected chi connectivity index (χ3v) is 2.96. The second-order valence-electron chi connectivity index (χ2n) is 4.10. The molecule has 2 fully saturated rings. The summed E-state index contributed by atoms with van der Waals surface area (Å²) in [6.07, 6.45) is 6.25. The van der Waals surface area contributed by atoms with Crippen LogP contribution in [0, 0.1) is 0 Å². The molecule has 0 spiro atoms. The summed E-state index contributed by atoms with van der Waals surface area (Å²) < 4.78 is 4.90. The Kier molecular flexibility index (Phi) is 4.61. The van der Waals surface area contributed by atoms with Gasteiger partial charge >= 0.3 is 5.97 Å². The topological polar surface area (TPSA) is 38.3 Å². The molecule has 15 heavy (non-hydrogen) atoms. The van der Waals surface area contributed by atoms with Gasteiger partial charge in [0.1, 0.15) is 0 Å². The average molecular weight is 232 g/mol. The van der Waals surface area contributed by atoms with E-state index in [0.717, 1.165) is 12.8 Å². The first-order chi connectivity index (χ1) is 6.78. The van der Waals surface area contributed by atoms with Crippen LogP contribution in [-0.4, -0.2) is 24.7 Å². The maximum Gasteiger partial charge on any atom is 0.330 e. The van der Waals surface area contributed by atoms with Gasteiger partial charge in [0.05, 0.1) is 6.61 Å². The largest absolute Gasteiger partial charge is 0.463 e. The summed E-state index contributed by atoms with van der Waals surface area (Å²) >= 11 is 0. The van der Waals surface area contributed by atoms with Crippen LogP contribution < -0.4 is 5.32 Å². The summed E-state index contributed by atoms with van der Waals surface area (Å²) in [5, 5.41) is 3.53. The molecule has 2 heterocycles. The Balaban J connectivity index is 0.00000112. The Morgan fingerprint density at radius 2 is 2.07 bits per heavy atom. The first-order valence-corrected chi connectivity index (χ1v) is 5.40. The van der Waals surface area contributed by atoms with Crippen LogP contribution >= 0.6 is 12.4 Å². The molecular weight excluding hydrogens is 214 g/mol. The molecule has 0 aromatic heterocycles. The second-order valence-corrected chi connectivity index (χ2v) is 4.10. The summed E-state index contributed by atoms with van der Waals surface area (Å²) in [4.78, 5) is 11.2. The minimum atomic E-state index is -0.177. The molecule has 2 rings (SSSR count). The van der Waals surface area contributed by atoms with Crippen molar-refractivity contribution in [1.29, 1.82) is 0 Å². The molecule has 2 atom stereocenters. The first-order valence-electron chi connectivity index (χ1n) is 5.40. The Labute approximate surface area is 96.7 Å². The van der Waals surface area contributed by atoms with E-state index >= 15 is 0 Å². The lowest BCUT2D eigenvalue weighted by molar-refractivity contribution is -0.137. The average Bonchev–Trinajstić information content (AvgIpc) is 2.46. The van der Waals surface area contributed by atoms with Crippen LogP contribution in [0.15, 0.2) is 11.6 Å². The van der Waals surface area contributed by atoms with Gasteiger partial charge in [-0.1, -0.05) is 5.57 Å². The normalized spacial score (nSPS) is 28.2. The van der Waals surface area contributed by atoms with Crippen LogP contribution in [0.3, 0.4) is 0 Å². The number of ether oxygens (including phenoxy) is 1. The third-order valence-electron chi connectivity index (χ3n) is 2.96. The molecule has 3 nitrogen and oxygen atoms in total. The molecule has 0 amide bonds. The number of carbonyl (C=O) groups is 1. The summed E-state index contributed by atoms with van der Waals surface area (Å²) in [5.41, 5.74) is 1.26. The van der Waals surface area contributed by atoms with E-state index in [1.54, 1.807) is 6.08 Å². The molecule has 0 aliphatic carbocycles. The molecule has 0 aromatic carbocycles. The zero-order valence-corrected chi connectivity index (χ0v) is 9.81. The lowest BCUT2D eigenvalue weighted by Gasteiger charge is -2.23. The number of fused-ring (bicyclic) bond motifs is 2. The molecule has 0 aromatic rings.